The number of hydrogen-bond acceptors (Lipinski definition) is 4. The fourth-order valence-corrected chi connectivity index (χ4v) is 4.61. The molecule has 0 atom stereocenters. The molecule has 0 saturated heterocycles. The summed E-state index contributed by atoms with van der Waals surface area (Å²) in [4.78, 5) is -0.720. The van der Waals surface area contributed by atoms with E-state index in [0.717, 1.165) is 12.1 Å². The first-order valence-electron chi connectivity index (χ1n) is 7.93. The third kappa shape index (κ3) is 5.03. The number of benzene rings is 3. The zero-order valence-electron chi connectivity index (χ0n) is 14.4. The Morgan fingerprint density at radius 1 is 0.655 bits per heavy atom. The van der Waals surface area contributed by atoms with E-state index >= 15 is 0 Å². The summed E-state index contributed by atoms with van der Waals surface area (Å²) in [5.41, 5.74) is 0.191. The van der Waals surface area contributed by atoms with Crippen LogP contribution in [0.2, 0.25) is 5.02 Å². The first kappa shape index (κ1) is 21.0. The highest BCUT2D eigenvalue weighted by molar-refractivity contribution is 7.93. The van der Waals surface area contributed by atoms with E-state index in [0.29, 0.717) is 17.2 Å². The molecule has 0 amide bonds. The van der Waals surface area contributed by atoms with Crippen LogP contribution in [0, 0.1) is 11.6 Å². The molecule has 0 saturated carbocycles. The second-order valence-electron chi connectivity index (χ2n) is 5.82. The minimum absolute atomic E-state index is 0.0753. The predicted molar refractivity (Wildman–Crippen MR) is 106 cm³/mol. The normalized spacial score (nSPS) is 11.8. The number of halogens is 3. The molecule has 0 spiro atoms. The summed E-state index contributed by atoms with van der Waals surface area (Å²) >= 11 is 5.76. The zero-order chi connectivity index (χ0) is 21.2. The maximum Gasteiger partial charge on any atom is 0.261 e. The second-order valence-corrected chi connectivity index (χ2v) is 9.62. The lowest BCUT2D eigenvalue weighted by Crippen LogP contribution is -2.15. The van der Waals surface area contributed by atoms with Crippen LogP contribution in [-0.2, 0) is 20.0 Å². The molecule has 0 aliphatic carbocycles. The molecule has 6 nitrogen and oxygen atoms in total. The summed E-state index contributed by atoms with van der Waals surface area (Å²) in [6.07, 6.45) is 0. The van der Waals surface area contributed by atoms with Gasteiger partial charge >= 0.3 is 0 Å². The zero-order valence-corrected chi connectivity index (χ0v) is 16.8. The molecule has 0 aromatic heterocycles. The molecule has 152 valence electrons. The molecule has 29 heavy (non-hydrogen) atoms. The Kier molecular flexibility index (Phi) is 5.78. The Balaban J connectivity index is 1.86. The van der Waals surface area contributed by atoms with Crippen molar-refractivity contribution in [3.05, 3.63) is 83.4 Å². The molecular formula is C18H13ClF2N2O4S2. The van der Waals surface area contributed by atoms with E-state index in [1.807, 2.05) is 0 Å². The van der Waals surface area contributed by atoms with Gasteiger partial charge < -0.3 is 0 Å². The summed E-state index contributed by atoms with van der Waals surface area (Å²) in [5.74, 6) is -2.51. The van der Waals surface area contributed by atoms with Gasteiger partial charge in [0.15, 0.2) is 11.6 Å². The summed E-state index contributed by atoms with van der Waals surface area (Å²) in [5, 5.41) is 0.432. The molecule has 2 N–H and O–H groups in total. The average Bonchev–Trinajstić information content (AvgIpc) is 2.65. The van der Waals surface area contributed by atoms with E-state index in [9.17, 15) is 25.6 Å². The molecule has 0 heterocycles. The smallest absolute Gasteiger partial charge is 0.261 e. The number of anilines is 2. The number of hydrogen-bond donors (Lipinski definition) is 2. The van der Waals surface area contributed by atoms with Crippen LogP contribution in [0.3, 0.4) is 0 Å². The van der Waals surface area contributed by atoms with Crippen LogP contribution in [-0.4, -0.2) is 16.8 Å². The van der Waals surface area contributed by atoms with Crippen LogP contribution in [0.1, 0.15) is 0 Å². The van der Waals surface area contributed by atoms with Gasteiger partial charge in [0.1, 0.15) is 0 Å². The number of nitrogens with one attached hydrogen (secondary N) is 2. The van der Waals surface area contributed by atoms with Crippen molar-refractivity contribution in [2.45, 2.75) is 9.79 Å². The van der Waals surface area contributed by atoms with Gasteiger partial charge in [-0.25, -0.2) is 25.6 Å². The highest BCUT2D eigenvalue weighted by Gasteiger charge is 2.19. The Labute approximate surface area is 171 Å². The molecule has 0 aliphatic heterocycles. The lowest BCUT2D eigenvalue weighted by molar-refractivity contribution is 0.504. The fourth-order valence-electron chi connectivity index (χ4n) is 2.32. The van der Waals surface area contributed by atoms with Crippen LogP contribution in [0.25, 0.3) is 0 Å². The van der Waals surface area contributed by atoms with Gasteiger partial charge in [0.2, 0.25) is 0 Å². The second kappa shape index (κ2) is 7.97. The minimum Gasteiger partial charge on any atom is -0.280 e. The summed E-state index contributed by atoms with van der Waals surface area (Å²) < 4.78 is 80.7. The minimum atomic E-state index is -4.27. The lowest BCUT2D eigenvalue weighted by atomic mass is 10.3. The first-order chi connectivity index (χ1) is 13.6. The molecule has 3 aromatic rings. The van der Waals surface area contributed by atoms with E-state index in [4.69, 9.17) is 11.6 Å². The van der Waals surface area contributed by atoms with E-state index in [-0.39, 0.29) is 16.3 Å². The molecule has 3 aromatic carbocycles. The molecule has 0 aliphatic rings. The molecular weight excluding hydrogens is 446 g/mol. The van der Waals surface area contributed by atoms with Gasteiger partial charge in [0.05, 0.1) is 15.5 Å². The molecule has 0 bridgehead atoms. The Hall–Kier alpha value is -2.69. The first-order valence-corrected chi connectivity index (χ1v) is 11.3. The van der Waals surface area contributed by atoms with Crippen LogP contribution < -0.4 is 9.44 Å². The van der Waals surface area contributed by atoms with Gasteiger partial charge in [-0.1, -0.05) is 17.7 Å². The van der Waals surface area contributed by atoms with Crippen molar-refractivity contribution in [2.24, 2.45) is 0 Å². The van der Waals surface area contributed by atoms with Crippen molar-refractivity contribution in [3.63, 3.8) is 0 Å². The molecule has 11 heteroatoms. The summed E-state index contributed by atoms with van der Waals surface area (Å²) in [7, 11) is -8.28. The topological polar surface area (TPSA) is 92.3 Å². The van der Waals surface area contributed by atoms with Gasteiger partial charge in [-0.05, 0) is 60.7 Å². The molecule has 3 rings (SSSR count). The average molecular weight is 459 g/mol. The Morgan fingerprint density at radius 3 is 1.86 bits per heavy atom. The van der Waals surface area contributed by atoms with Crippen molar-refractivity contribution in [1.29, 1.82) is 0 Å². The largest absolute Gasteiger partial charge is 0.280 e. The van der Waals surface area contributed by atoms with E-state index in [1.165, 1.54) is 42.5 Å². The monoisotopic (exact) mass is 458 g/mol. The van der Waals surface area contributed by atoms with E-state index < -0.39 is 36.6 Å². The van der Waals surface area contributed by atoms with Gasteiger partial charge in [-0.2, -0.15) is 0 Å². The van der Waals surface area contributed by atoms with Crippen molar-refractivity contribution < 1.29 is 25.6 Å². The van der Waals surface area contributed by atoms with Crippen molar-refractivity contribution in [3.8, 4) is 0 Å². The molecule has 0 radical (unpaired) electrons. The van der Waals surface area contributed by atoms with Crippen LogP contribution in [0.15, 0.2) is 76.5 Å². The summed E-state index contributed by atoms with van der Waals surface area (Å²) in [6, 6.07) is 13.1. The van der Waals surface area contributed by atoms with Crippen LogP contribution in [0.5, 0.6) is 0 Å². The van der Waals surface area contributed by atoms with Crippen molar-refractivity contribution in [1.82, 2.24) is 0 Å². The quantitative estimate of drug-likeness (QED) is 0.578. The van der Waals surface area contributed by atoms with Gasteiger partial charge in [-0.3, -0.25) is 9.44 Å². The SMILES string of the molecule is O=S(=O)(Nc1ccc(Cl)cc1)c1cccc(NS(=O)(=O)c2ccc(F)c(F)c2)c1. The summed E-state index contributed by atoms with van der Waals surface area (Å²) in [6.45, 7) is 0. The Morgan fingerprint density at radius 2 is 1.24 bits per heavy atom. The van der Waals surface area contributed by atoms with Gasteiger partial charge in [0.25, 0.3) is 20.0 Å². The fraction of sp³-hybridized carbons (Fsp3) is 0. The highest BCUT2D eigenvalue weighted by Crippen LogP contribution is 2.23. The van der Waals surface area contributed by atoms with E-state index in [1.54, 1.807) is 0 Å². The maximum atomic E-state index is 13.3. The number of rotatable bonds is 6. The van der Waals surface area contributed by atoms with E-state index in [2.05, 4.69) is 9.44 Å². The molecule has 0 unspecified atom stereocenters. The van der Waals surface area contributed by atoms with Crippen molar-refractivity contribution >= 4 is 43.0 Å². The Bertz CT molecular complexity index is 1270. The van der Waals surface area contributed by atoms with Crippen LogP contribution >= 0.6 is 11.6 Å². The van der Waals surface area contributed by atoms with Gasteiger partial charge in [-0.15, -0.1) is 0 Å². The highest BCUT2D eigenvalue weighted by atomic mass is 35.5. The van der Waals surface area contributed by atoms with Gasteiger partial charge in [0, 0.05) is 10.7 Å². The van der Waals surface area contributed by atoms with Crippen LogP contribution in [0.4, 0.5) is 20.2 Å². The third-order valence-electron chi connectivity index (χ3n) is 3.69. The number of sulfonamides is 2. The maximum absolute atomic E-state index is 13.3. The molecule has 0 fully saturated rings. The standard InChI is InChI=1S/C18H13ClF2N2O4S2/c19-12-4-6-13(7-5-12)22-28(24,25)15-3-1-2-14(10-15)23-29(26,27)16-8-9-17(20)18(21)11-16/h1-11,22-23H. The van der Waals surface area contributed by atoms with Crippen molar-refractivity contribution in [2.75, 3.05) is 9.44 Å². The third-order valence-corrected chi connectivity index (χ3v) is 6.70. The lowest BCUT2D eigenvalue weighted by Gasteiger charge is -2.11. The predicted octanol–water partition coefficient (Wildman–Crippen LogP) is 4.22.